The summed E-state index contributed by atoms with van der Waals surface area (Å²) in [4.78, 5) is 15.0. The molecule has 2 aliphatic rings. The molecule has 1 fully saturated rings. The Bertz CT molecular complexity index is 1240. The normalized spacial score (nSPS) is 18.3. The van der Waals surface area contributed by atoms with Crippen molar-refractivity contribution in [2.75, 3.05) is 64.6 Å². The molecule has 41 heavy (non-hydrogen) atoms. The summed E-state index contributed by atoms with van der Waals surface area (Å²) in [5, 5.41) is 6.42. The molecule has 2 atom stereocenters. The lowest BCUT2D eigenvalue weighted by Crippen LogP contribution is -2.41. The van der Waals surface area contributed by atoms with E-state index >= 15 is 0 Å². The molecule has 0 spiro atoms. The second kappa shape index (κ2) is 14.9. The van der Waals surface area contributed by atoms with E-state index < -0.39 is 0 Å². The third-order valence-corrected chi connectivity index (χ3v) is 7.65. The van der Waals surface area contributed by atoms with Crippen LogP contribution in [0.1, 0.15) is 40.2 Å². The van der Waals surface area contributed by atoms with E-state index in [2.05, 4.69) is 45.9 Å². The lowest BCUT2D eigenvalue weighted by Gasteiger charge is -2.33. The van der Waals surface area contributed by atoms with Gasteiger partial charge in [-0.15, -0.1) is 0 Å². The SMILES string of the molecule is COCCCN1CCOc2ccc(CO[C@H]3CNCC[C@@H]3c3ccc(C(=O)NCCOc4ccccc4)cc3)cc21. The van der Waals surface area contributed by atoms with Gasteiger partial charge >= 0.3 is 0 Å². The standard InChI is InChI=1S/C33H41N3O5/c1-38-19-5-17-36-18-21-40-31-13-8-25(22-30(31)36)24-41-32-23-34-15-14-29(32)26-9-11-27(12-10-26)33(37)35-16-20-39-28-6-3-2-4-7-28/h2-4,6-13,22,29,32,34H,5,14-21,23-24H2,1H3,(H,35,37)/t29-,32+/m1/s1. The lowest BCUT2D eigenvalue weighted by molar-refractivity contribution is 0.0106. The molecule has 0 unspecified atom stereocenters. The van der Waals surface area contributed by atoms with Gasteiger partial charge in [0.15, 0.2) is 0 Å². The molecule has 5 rings (SSSR count). The van der Waals surface area contributed by atoms with Gasteiger partial charge in [-0.2, -0.15) is 0 Å². The van der Waals surface area contributed by atoms with Gasteiger partial charge in [0.05, 0.1) is 31.5 Å². The van der Waals surface area contributed by atoms with Gasteiger partial charge in [0.1, 0.15) is 24.7 Å². The van der Waals surface area contributed by atoms with Gasteiger partial charge in [-0.25, -0.2) is 0 Å². The molecule has 0 radical (unpaired) electrons. The summed E-state index contributed by atoms with van der Waals surface area (Å²) >= 11 is 0. The summed E-state index contributed by atoms with van der Waals surface area (Å²) in [5.74, 6) is 1.89. The molecule has 218 valence electrons. The van der Waals surface area contributed by atoms with Gasteiger partial charge in [0, 0.05) is 38.3 Å². The molecule has 2 aliphatic heterocycles. The Hall–Kier alpha value is -3.59. The number of amides is 1. The fourth-order valence-corrected chi connectivity index (χ4v) is 5.46. The van der Waals surface area contributed by atoms with Gasteiger partial charge in [-0.1, -0.05) is 36.4 Å². The summed E-state index contributed by atoms with van der Waals surface area (Å²) in [5.41, 5.74) is 4.11. The first-order chi connectivity index (χ1) is 20.2. The first kappa shape index (κ1) is 28.9. The van der Waals surface area contributed by atoms with E-state index in [0.29, 0.717) is 31.9 Å². The van der Waals surface area contributed by atoms with Gasteiger partial charge < -0.3 is 34.5 Å². The first-order valence-corrected chi connectivity index (χ1v) is 14.6. The average Bonchev–Trinajstić information content (AvgIpc) is 3.03. The summed E-state index contributed by atoms with van der Waals surface area (Å²) in [7, 11) is 1.74. The summed E-state index contributed by atoms with van der Waals surface area (Å²) < 4.78 is 23.3. The van der Waals surface area contributed by atoms with Gasteiger partial charge in [-0.05, 0) is 66.9 Å². The highest BCUT2D eigenvalue weighted by molar-refractivity contribution is 5.94. The zero-order valence-electron chi connectivity index (χ0n) is 23.8. The monoisotopic (exact) mass is 559 g/mol. The zero-order chi connectivity index (χ0) is 28.3. The molecule has 8 nitrogen and oxygen atoms in total. The second-order valence-corrected chi connectivity index (χ2v) is 10.5. The van der Waals surface area contributed by atoms with E-state index in [1.807, 2.05) is 42.5 Å². The third kappa shape index (κ3) is 8.00. The minimum atomic E-state index is -0.0982. The molecule has 8 heteroatoms. The number of hydrogen-bond acceptors (Lipinski definition) is 7. The number of nitrogens with one attached hydrogen (secondary N) is 2. The number of fused-ring (bicyclic) bond motifs is 1. The number of para-hydroxylation sites is 1. The predicted molar refractivity (Wildman–Crippen MR) is 160 cm³/mol. The molecule has 0 aromatic heterocycles. The molecule has 2 heterocycles. The van der Waals surface area contributed by atoms with E-state index in [-0.39, 0.29) is 17.9 Å². The number of piperidine rings is 1. The second-order valence-electron chi connectivity index (χ2n) is 10.5. The highest BCUT2D eigenvalue weighted by Crippen LogP contribution is 2.34. The Morgan fingerprint density at radius 3 is 2.76 bits per heavy atom. The number of nitrogens with zero attached hydrogens (tertiary/aromatic N) is 1. The summed E-state index contributed by atoms with van der Waals surface area (Å²) in [6.45, 7) is 6.42. The molecule has 2 N–H and O–H groups in total. The van der Waals surface area contributed by atoms with Crippen LogP contribution in [0.15, 0.2) is 72.8 Å². The van der Waals surface area contributed by atoms with Crippen LogP contribution in [0, 0.1) is 0 Å². The number of benzene rings is 3. The van der Waals surface area contributed by atoms with Gasteiger partial charge in [0.25, 0.3) is 5.91 Å². The minimum Gasteiger partial charge on any atom is -0.492 e. The van der Waals surface area contributed by atoms with Crippen LogP contribution in [0.5, 0.6) is 11.5 Å². The van der Waals surface area contributed by atoms with Gasteiger partial charge in [0.2, 0.25) is 0 Å². The van der Waals surface area contributed by atoms with Crippen molar-refractivity contribution < 1.29 is 23.7 Å². The van der Waals surface area contributed by atoms with E-state index in [9.17, 15) is 4.79 Å². The van der Waals surface area contributed by atoms with E-state index in [0.717, 1.165) is 68.4 Å². The molecule has 0 aliphatic carbocycles. The number of carbonyl (C=O) groups is 1. The molecule has 3 aromatic rings. The minimum absolute atomic E-state index is 0.0450. The van der Waals surface area contributed by atoms with Crippen LogP contribution in [0.2, 0.25) is 0 Å². The van der Waals surface area contributed by atoms with Crippen LogP contribution in [-0.2, 0) is 16.1 Å². The molecular weight excluding hydrogens is 518 g/mol. The maximum Gasteiger partial charge on any atom is 0.251 e. The fourth-order valence-electron chi connectivity index (χ4n) is 5.46. The number of carbonyl (C=O) groups excluding carboxylic acids is 1. The number of rotatable bonds is 13. The average molecular weight is 560 g/mol. The quantitative estimate of drug-likeness (QED) is 0.301. The van der Waals surface area contributed by atoms with Crippen LogP contribution in [-0.4, -0.2) is 71.7 Å². The van der Waals surface area contributed by atoms with Crippen LogP contribution < -0.4 is 25.0 Å². The van der Waals surface area contributed by atoms with Crippen molar-refractivity contribution in [2.24, 2.45) is 0 Å². The van der Waals surface area contributed by atoms with E-state index in [1.54, 1.807) is 7.11 Å². The molecule has 1 amide bonds. The zero-order valence-corrected chi connectivity index (χ0v) is 23.8. The Labute approximate surface area is 242 Å². The Morgan fingerprint density at radius 1 is 1.07 bits per heavy atom. The Morgan fingerprint density at radius 2 is 1.93 bits per heavy atom. The Balaban J connectivity index is 1.14. The lowest BCUT2D eigenvalue weighted by atomic mass is 9.87. The van der Waals surface area contributed by atoms with Crippen molar-refractivity contribution >= 4 is 11.6 Å². The van der Waals surface area contributed by atoms with Crippen molar-refractivity contribution in [1.82, 2.24) is 10.6 Å². The maximum atomic E-state index is 12.6. The molecule has 3 aromatic carbocycles. The fraction of sp³-hybridized carbons (Fsp3) is 0.424. The molecule has 0 saturated carbocycles. The summed E-state index contributed by atoms with van der Waals surface area (Å²) in [6, 6.07) is 23.9. The smallest absolute Gasteiger partial charge is 0.251 e. The number of anilines is 1. The van der Waals surface area contributed by atoms with E-state index in [1.165, 1.54) is 5.56 Å². The van der Waals surface area contributed by atoms with Crippen molar-refractivity contribution in [3.63, 3.8) is 0 Å². The highest BCUT2D eigenvalue weighted by Gasteiger charge is 2.28. The first-order valence-electron chi connectivity index (χ1n) is 14.6. The predicted octanol–water partition coefficient (Wildman–Crippen LogP) is 4.39. The largest absolute Gasteiger partial charge is 0.492 e. The highest BCUT2D eigenvalue weighted by atomic mass is 16.5. The van der Waals surface area contributed by atoms with Crippen molar-refractivity contribution in [1.29, 1.82) is 0 Å². The Kier molecular flexibility index (Phi) is 10.5. The molecule has 1 saturated heterocycles. The summed E-state index contributed by atoms with van der Waals surface area (Å²) in [6.07, 6.45) is 2.01. The number of ether oxygens (including phenoxy) is 4. The van der Waals surface area contributed by atoms with Crippen molar-refractivity contribution in [3.05, 3.63) is 89.5 Å². The van der Waals surface area contributed by atoms with Crippen LogP contribution in [0.25, 0.3) is 0 Å². The van der Waals surface area contributed by atoms with Crippen LogP contribution in [0.4, 0.5) is 5.69 Å². The number of methoxy groups -OCH3 is 1. The molecule has 0 bridgehead atoms. The van der Waals surface area contributed by atoms with Gasteiger partial charge in [-0.3, -0.25) is 4.79 Å². The number of hydrogen-bond donors (Lipinski definition) is 2. The third-order valence-electron chi connectivity index (χ3n) is 7.65. The van der Waals surface area contributed by atoms with Crippen molar-refractivity contribution in [2.45, 2.75) is 31.5 Å². The van der Waals surface area contributed by atoms with Crippen LogP contribution >= 0.6 is 0 Å². The van der Waals surface area contributed by atoms with E-state index in [4.69, 9.17) is 18.9 Å². The molecular formula is C33H41N3O5. The maximum absolute atomic E-state index is 12.6. The van der Waals surface area contributed by atoms with Crippen LogP contribution in [0.3, 0.4) is 0 Å². The topological polar surface area (TPSA) is 81.3 Å². The van der Waals surface area contributed by atoms with Crippen molar-refractivity contribution in [3.8, 4) is 11.5 Å².